The molecule has 1 unspecified atom stereocenters. The van der Waals surface area contributed by atoms with Crippen molar-refractivity contribution in [3.63, 3.8) is 0 Å². The molecule has 0 bridgehead atoms. The molecule has 1 saturated carbocycles. The Hall–Kier alpha value is -0.0400. The molecule has 0 amide bonds. The fraction of sp³-hybridized carbons (Fsp3) is 0.875. The molecule has 1 fully saturated rings. The van der Waals surface area contributed by atoms with Crippen molar-refractivity contribution in [1.29, 1.82) is 0 Å². The molecule has 0 aromatic heterocycles. The van der Waals surface area contributed by atoms with Crippen LogP contribution in [0.25, 0.3) is 0 Å². The molecule has 1 heteroatoms. The second-order valence-corrected chi connectivity index (χ2v) is 2.78. The van der Waals surface area contributed by atoms with Crippen LogP contribution in [0, 0.1) is 12.3 Å². The smallest absolute Gasteiger partial charge is 0.0490 e. The molecule has 0 aromatic carbocycles. The summed E-state index contributed by atoms with van der Waals surface area (Å²) < 4.78 is 5.06. The second kappa shape index (κ2) is 3.89. The van der Waals surface area contributed by atoms with Crippen LogP contribution in [0.15, 0.2) is 0 Å². The van der Waals surface area contributed by atoms with Crippen molar-refractivity contribution < 1.29 is 4.74 Å². The fourth-order valence-electron chi connectivity index (χ4n) is 1.41. The lowest BCUT2D eigenvalue weighted by Crippen LogP contribution is -2.11. The molecule has 9 heavy (non-hydrogen) atoms. The van der Waals surface area contributed by atoms with Crippen molar-refractivity contribution >= 4 is 0 Å². The first-order chi connectivity index (χ1) is 4.43. The molecule has 1 nitrogen and oxygen atoms in total. The Kier molecular flexibility index (Phi) is 3.05. The third-order valence-corrected chi connectivity index (χ3v) is 1.92. The first kappa shape index (κ1) is 7.07. The van der Waals surface area contributed by atoms with Crippen LogP contribution in [-0.4, -0.2) is 13.7 Å². The molecular weight excluding hydrogens is 112 g/mol. The predicted octanol–water partition coefficient (Wildman–Crippen LogP) is 2.03. The molecule has 1 atom stereocenters. The van der Waals surface area contributed by atoms with Crippen LogP contribution in [0.3, 0.4) is 0 Å². The molecule has 53 valence electrons. The first-order valence-electron chi connectivity index (χ1n) is 3.74. The quantitative estimate of drug-likeness (QED) is 0.551. The maximum absolute atomic E-state index is 5.06. The second-order valence-electron chi connectivity index (χ2n) is 2.78. The highest BCUT2D eigenvalue weighted by Gasteiger charge is 2.11. The number of methoxy groups -OCH3 is 1. The summed E-state index contributed by atoms with van der Waals surface area (Å²) in [6.45, 7) is 0.955. The van der Waals surface area contributed by atoms with E-state index in [2.05, 4.69) is 6.42 Å². The number of hydrogen-bond acceptors (Lipinski definition) is 1. The third kappa shape index (κ3) is 2.35. The fourth-order valence-corrected chi connectivity index (χ4v) is 1.41. The summed E-state index contributed by atoms with van der Waals surface area (Å²) in [6.07, 6.45) is 7.71. The molecule has 0 aromatic rings. The Morgan fingerprint density at radius 1 is 1.67 bits per heavy atom. The van der Waals surface area contributed by atoms with E-state index in [1.165, 1.54) is 25.7 Å². The first-order valence-corrected chi connectivity index (χ1v) is 3.74. The summed E-state index contributed by atoms with van der Waals surface area (Å²) in [5, 5.41) is 0. The monoisotopic (exact) mass is 127 g/mol. The van der Waals surface area contributed by atoms with Crippen molar-refractivity contribution in [3.8, 4) is 0 Å². The molecule has 0 saturated heterocycles. The number of hydrogen-bond donors (Lipinski definition) is 0. The van der Waals surface area contributed by atoms with Gasteiger partial charge in [-0.3, -0.25) is 0 Å². The van der Waals surface area contributed by atoms with Gasteiger partial charge < -0.3 is 4.74 Å². The standard InChI is InChI=1S/C8H15O/c1-9-7-8-5-3-2-4-6-8/h3,8H,2,4-7H2,1H3. The van der Waals surface area contributed by atoms with Crippen LogP contribution in [0.5, 0.6) is 0 Å². The molecule has 0 aliphatic heterocycles. The molecule has 0 heterocycles. The van der Waals surface area contributed by atoms with E-state index in [0.29, 0.717) is 0 Å². The van der Waals surface area contributed by atoms with Gasteiger partial charge in [0, 0.05) is 13.7 Å². The highest BCUT2D eigenvalue weighted by Crippen LogP contribution is 2.22. The van der Waals surface area contributed by atoms with Gasteiger partial charge in [-0.05, 0) is 25.2 Å². The van der Waals surface area contributed by atoms with E-state index < -0.39 is 0 Å². The summed E-state index contributed by atoms with van der Waals surface area (Å²) in [6, 6.07) is 0. The van der Waals surface area contributed by atoms with Gasteiger partial charge in [-0.2, -0.15) is 0 Å². The lowest BCUT2D eigenvalue weighted by atomic mass is 9.90. The summed E-state index contributed by atoms with van der Waals surface area (Å²) in [7, 11) is 1.79. The summed E-state index contributed by atoms with van der Waals surface area (Å²) in [5.74, 6) is 0.823. The lowest BCUT2D eigenvalue weighted by molar-refractivity contribution is 0.140. The SMILES string of the molecule is COCC1C[CH]CCC1. The minimum atomic E-state index is 0.823. The van der Waals surface area contributed by atoms with Gasteiger partial charge in [0.2, 0.25) is 0 Å². The Morgan fingerprint density at radius 2 is 2.56 bits per heavy atom. The molecule has 1 radical (unpaired) electrons. The van der Waals surface area contributed by atoms with Gasteiger partial charge in [0.25, 0.3) is 0 Å². The Morgan fingerprint density at radius 3 is 3.11 bits per heavy atom. The molecule has 1 rings (SSSR count). The van der Waals surface area contributed by atoms with E-state index in [1.54, 1.807) is 7.11 Å². The zero-order valence-electron chi connectivity index (χ0n) is 6.10. The van der Waals surface area contributed by atoms with E-state index in [4.69, 9.17) is 4.74 Å². The van der Waals surface area contributed by atoms with E-state index in [0.717, 1.165) is 12.5 Å². The normalized spacial score (nSPS) is 22.3. The van der Waals surface area contributed by atoms with E-state index in [1.807, 2.05) is 0 Å². The largest absolute Gasteiger partial charge is 0.384 e. The molecule has 1 aliphatic carbocycles. The van der Waals surface area contributed by atoms with Gasteiger partial charge in [-0.15, -0.1) is 0 Å². The highest BCUT2D eigenvalue weighted by molar-refractivity contribution is 4.76. The van der Waals surface area contributed by atoms with Crippen molar-refractivity contribution in [2.24, 2.45) is 5.92 Å². The Bertz CT molecular complexity index is 62.2. The van der Waals surface area contributed by atoms with Gasteiger partial charge in [0.05, 0.1) is 0 Å². The van der Waals surface area contributed by atoms with Crippen molar-refractivity contribution in [2.45, 2.75) is 25.7 Å². The van der Waals surface area contributed by atoms with Gasteiger partial charge in [0.15, 0.2) is 0 Å². The maximum atomic E-state index is 5.06. The highest BCUT2D eigenvalue weighted by atomic mass is 16.5. The Labute approximate surface area is 57.4 Å². The van der Waals surface area contributed by atoms with Crippen molar-refractivity contribution in [3.05, 3.63) is 6.42 Å². The topological polar surface area (TPSA) is 9.23 Å². The van der Waals surface area contributed by atoms with Gasteiger partial charge in [-0.1, -0.05) is 12.8 Å². The van der Waals surface area contributed by atoms with E-state index >= 15 is 0 Å². The van der Waals surface area contributed by atoms with Crippen molar-refractivity contribution in [2.75, 3.05) is 13.7 Å². The molecule has 1 aliphatic rings. The predicted molar refractivity (Wildman–Crippen MR) is 38.1 cm³/mol. The summed E-state index contributed by atoms with van der Waals surface area (Å²) in [4.78, 5) is 0. The van der Waals surface area contributed by atoms with Crippen LogP contribution in [0.2, 0.25) is 0 Å². The van der Waals surface area contributed by atoms with Gasteiger partial charge >= 0.3 is 0 Å². The summed E-state index contributed by atoms with van der Waals surface area (Å²) in [5.41, 5.74) is 0. The van der Waals surface area contributed by atoms with Crippen LogP contribution in [0.1, 0.15) is 25.7 Å². The lowest BCUT2D eigenvalue weighted by Gasteiger charge is -2.19. The van der Waals surface area contributed by atoms with Crippen LogP contribution < -0.4 is 0 Å². The zero-order chi connectivity index (χ0) is 6.53. The van der Waals surface area contributed by atoms with Crippen LogP contribution in [-0.2, 0) is 4.74 Å². The summed E-state index contributed by atoms with van der Waals surface area (Å²) >= 11 is 0. The number of ether oxygens (including phenoxy) is 1. The van der Waals surface area contributed by atoms with Gasteiger partial charge in [0.1, 0.15) is 0 Å². The van der Waals surface area contributed by atoms with E-state index in [-0.39, 0.29) is 0 Å². The van der Waals surface area contributed by atoms with Crippen LogP contribution in [0.4, 0.5) is 0 Å². The minimum Gasteiger partial charge on any atom is -0.384 e. The maximum Gasteiger partial charge on any atom is 0.0490 e. The van der Waals surface area contributed by atoms with Crippen molar-refractivity contribution in [1.82, 2.24) is 0 Å². The molecular formula is C8H15O. The minimum absolute atomic E-state index is 0.823. The average molecular weight is 127 g/mol. The Balaban J connectivity index is 2.08. The van der Waals surface area contributed by atoms with Crippen LogP contribution >= 0.6 is 0 Å². The molecule has 0 N–H and O–H groups in total. The molecule has 0 spiro atoms. The zero-order valence-corrected chi connectivity index (χ0v) is 6.10. The third-order valence-electron chi connectivity index (χ3n) is 1.92. The average Bonchev–Trinajstić information content (AvgIpc) is 1.91. The van der Waals surface area contributed by atoms with Gasteiger partial charge in [-0.25, -0.2) is 0 Å². The number of rotatable bonds is 2. The van der Waals surface area contributed by atoms with E-state index in [9.17, 15) is 0 Å².